The number of rotatable bonds is 5. The lowest BCUT2D eigenvalue weighted by Crippen LogP contribution is -2.38. The van der Waals surface area contributed by atoms with E-state index in [-0.39, 0.29) is 6.54 Å². The van der Waals surface area contributed by atoms with Gasteiger partial charge in [-0.25, -0.2) is 8.42 Å². The third-order valence-corrected chi connectivity index (χ3v) is 5.40. The number of sulfonamides is 1. The zero-order valence-corrected chi connectivity index (χ0v) is 17.1. The van der Waals surface area contributed by atoms with Gasteiger partial charge < -0.3 is 5.32 Å². The summed E-state index contributed by atoms with van der Waals surface area (Å²) in [6.45, 7) is 7.10. The number of aryl methyl sites for hydroxylation is 4. The molecule has 0 aliphatic rings. The Balaban J connectivity index is 2.36. The van der Waals surface area contributed by atoms with E-state index in [1.165, 1.54) is 0 Å². The minimum Gasteiger partial charge on any atom is -0.324 e. The smallest absolute Gasteiger partial charge is 0.245 e. The van der Waals surface area contributed by atoms with Gasteiger partial charge in [-0.15, -0.1) is 0 Å². The maximum Gasteiger partial charge on any atom is 0.245 e. The highest BCUT2D eigenvalue weighted by molar-refractivity contribution is 7.92. The van der Waals surface area contributed by atoms with Gasteiger partial charge in [0.15, 0.2) is 0 Å². The first-order chi connectivity index (χ1) is 12.0. The highest BCUT2D eigenvalue weighted by Crippen LogP contribution is 2.32. The fraction of sp³-hybridized carbons (Fsp3) is 0.316. The molecule has 0 radical (unpaired) electrons. The Hall–Kier alpha value is -2.05. The molecule has 0 aliphatic heterocycles. The van der Waals surface area contributed by atoms with Crippen LogP contribution in [0.4, 0.5) is 11.4 Å². The molecule has 0 fully saturated rings. The minimum atomic E-state index is -3.69. The lowest BCUT2D eigenvalue weighted by molar-refractivity contribution is -0.114. The molecule has 1 amide bonds. The van der Waals surface area contributed by atoms with Crippen LogP contribution in [0.3, 0.4) is 0 Å². The quantitative estimate of drug-likeness (QED) is 0.834. The Morgan fingerprint density at radius 2 is 1.69 bits per heavy atom. The van der Waals surface area contributed by atoms with Gasteiger partial charge in [-0.1, -0.05) is 29.8 Å². The molecule has 2 aromatic rings. The molecule has 26 heavy (non-hydrogen) atoms. The van der Waals surface area contributed by atoms with Gasteiger partial charge in [0.05, 0.1) is 17.0 Å². The predicted molar refractivity (Wildman–Crippen MR) is 108 cm³/mol. The summed E-state index contributed by atoms with van der Waals surface area (Å²) >= 11 is 6.29. The largest absolute Gasteiger partial charge is 0.324 e. The van der Waals surface area contributed by atoms with E-state index in [0.717, 1.165) is 27.3 Å². The molecule has 5 nitrogen and oxygen atoms in total. The van der Waals surface area contributed by atoms with Crippen molar-refractivity contribution in [3.8, 4) is 0 Å². The number of anilines is 2. The van der Waals surface area contributed by atoms with Crippen LogP contribution in [0.1, 0.15) is 22.3 Å². The van der Waals surface area contributed by atoms with Gasteiger partial charge in [0.1, 0.15) is 6.54 Å². The van der Waals surface area contributed by atoms with E-state index in [0.29, 0.717) is 22.0 Å². The van der Waals surface area contributed by atoms with Crippen LogP contribution in [0.2, 0.25) is 5.02 Å². The first kappa shape index (κ1) is 20.3. The van der Waals surface area contributed by atoms with Gasteiger partial charge >= 0.3 is 0 Å². The van der Waals surface area contributed by atoms with Crippen LogP contribution >= 0.6 is 11.6 Å². The maximum absolute atomic E-state index is 12.5. The lowest BCUT2D eigenvalue weighted by Gasteiger charge is -2.25. The van der Waals surface area contributed by atoms with E-state index in [1.807, 2.05) is 45.0 Å². The summed E-state index contributed by atoms with van der Waals surface area (Å²) in [6, 6.07) is 9.22. The minimum absolute atomic E-state index is 0.299. The Labute approximate surface area is 160 Å². The second kappa shape index (κ2) is 7.68. The van der Waals surface area contributed by atoms with Gasteiger partial charge in [-0.05, 0) is 62.1 Å². The first-order valence-corrected chi connectivity index (χ1v) is 10.3. The van der Waals surface area contributed by atoms with E-state index in [4.69, 9.17) is 11.6 Å². The molecule has 0 aromatic heterocycles. The van der Waals surface area contributed by atoms with Crippen LogP contribution in [0, 0.1) is 27.7 Å². The molecule has 0 heterocycles. The molecule has 0 saturated carbocycles. The van der Waals surface area contributed by atoms with Crippen LogP contribution in [0.5, 0.6) is 0 Å². The van der Waals surface area contributed by atoms with E-state index < -0.39 is 15.9 Å². The van der Waals surface area contributed by atoms with Gasteiger partial charge in [0.25, 0.3) is 0 Å². The second-order valence-corrected chi connectivity index (χ2v) is 8.86. The summed E-state index contributed by atoms with van der Waals surface area (Å²) in [5.41, 5.74) is 4.51. The van der Waals surface area contributed by atoms with Crippen LogP contribution in [-0.2, 0) is 14.8 Å². The monoisotopic (exact) mass is 394 g/mol. The standard InChI is InChI=1S/C19H23ClN2O3S/c1-12-6-7-14(3)17(10-12)21-18(23)11-22(26(5,24)25)19-15(4)8-13(2)9-16(19)20/h6-10H,11H2,1-5H3,(H,21,23). The molecule has 0 spiro atoms. The number of hydrogen-bond donors (Lipinski definition) is 1. The summed E-state index contributed by atoms with van der Waals surface area (Å²) in [5, 5.41) is 3.08. The van der Waals surface area contributed by atoms with Crippen LogP contribution in [0.15, 0.2) is 30.3 Å². The Bertz CT molecular complexity index is 932. The summed E-state index contributed by atoms with van der Waals surface area (Å²) < 4.78 is 25.7. The summed E-state index contributed by atoms with van der Waals surface area (Å²) in [7, 11) is -3.69. The van der Waals surface area contributed by atoms with E-state index in [1.54, 1.807) is 13.0 Å². The third kappa shape index (κ3) is 4.77. The summed E-state index contributed by atoms with van der Waals surface area (Å²) in [6.07, 6.45) is 1.06. The second-order valence-electron chi connectivity index (χ2n) is 6.55. The van der Waals surface area contributed by atoms with E-state index in [2.05, 4.69) is 5.32 Å². The van der Waals surface area contributed by atoms with Crippen LogP contribution < -0.4 is 9.62 Å². The molecular formula is C19H23ClN2O3S. The highest BCUT2D eigenvalue weighted by atomic mass is 35.5. The van der Waals surface area contributed by atoms with Gasteiger partial charge in [-0.3, -0.25) is 9.10 Å². The normalized spacial score (nSPS) is 11.3. The number of hydrogen-bond acceptors (Lipinski definition) is 3. The number of benzene rings is 2. The van der Waals surface area contributed by atoms with Crippen molar-refractivity contribution < 1.29 is 13.2 Å². The average molecular weight is 395 g/mol. The molecule has 0 unspecified atom stereocenters. The van der Waals surface area contributed by atoms with Gasteiger partial charge in [0, 0.05) is 5.69 Å². The molecule has 140 valence electrons. The maximum atomic E-state index is 12.5. The van der Waals surface area contributed by atoms with Crippen molar-refractivity contribution >= 4 is 38.9 Å². The Morgan fingerprint density at radius 1 is 1.04 bits per heavy atom. The van der Waals surface area contributed by atoms with Crippen molar-refractivity contribution in [2.45, 2.75) is 27.7 Å². The van der Waals surface area contributed by atoms with Crippen molar-refractivity contribution in [2.24, 2.45) is 0 Å². The SMILES string of the molecule is Cc1cc(C)c(N(CC(=O)Nc2cc(C)ccc2C)S(C)(=O)=O)c(Cl)c1. The van der Waals surface area contributed by atoms with Crippen LogP contribution in [0.25, 0.3) is 0 Å². The van der Waals surface area contributed by atoms with E-state index >= 15 is 0 Å². The molecule has 1 N–H and O–H groups in total. The molecule has 2 aromatic carbocycles. The molecule has 7 heteroatoms. The predicted octanol–water partition coefficient (Wildman–Crippen LogP) is 3.98. The van der Waals surface area contributed by atoms with Crippen molar-refractivity contribution in [1.82, 2.24) is 0 Å². The third-order valence-electron chi connectivity index (χ3n) is 4.00. The average Bonchev–Trinajstić information content (AvgIpc) is 2.48. The number of nitrogens with zero attached hydrogens (tertiary/aromatic N) is 1. The van der Waals surface area contributed by atoms with Gasteiger partial charge in [0.2, 0.25) is 15.9 Å². The van der Waals surface area contributed by atoms with E-state index in [9.17, 15) is 13.2 Å². The molecule has 0 atom stereocenters. The molecule has 0 saturated heterocycles. The number of amides is 1. The fourth-order valence-electron chi connectivity index (χ4n) is 2.78. The Morgan fingerprint density at radius 3 is 2.27 bits per heavy atom. The number of carbonyl (C=O) groups excluding carboxylic acids is 1. The number of nitrogens with one attached hydrogen (secondary N) is 1. The molecule has 0 bridgehead atoms. The molecule has 2 rings (SSSR count). The Kier molecular flexibility index (Phi) is 5.98. The lowest BCUT2D eigenvalue weighted by atomic mass is 10.1. The van der Waals surface area contributed by atoms with Crippen molar-refractivity contribution in [3.05, 3.63) is 57.6 Å². The highest BCUT2D eigenvalue weighted by Gasteiger charge is 2.25. The summed E-state index contributed by atoms with van der Waals surface area (Å²) in [5.74, 6) is -0.430. The zero-order chi connectivity index (χ0) is 19.6. The molecular weight excluding hydrogens is 372 g/mol. The number of halogens is 1. The van der Waals surface area contributed by atoms with Crippen molar-refractivity contribution in [1.29, 1.82) is 0 Å². The molecule has 0 aliphatic carbocycles. The first-order valence-electron chi connectivity index (χ1n) is 8.10. The van der Waals surface area contributed by atoms with Crippen LogP contribution in [-0.4, -0.2) is 27.1 Å². The fourth-order valence-corrected chi connectivity index (χ4v) is 4.18. The zero-order valence-electron chi connectivity index (χ0n) is 15.6. The topological polar surface area (TPSA) is 66.5 Å². The van der Waals surface area contributed by atoms with Gasteiger partial charge in [-0.2, -0.15) is 0 Å². The number of carbonyl (C=O) groups is 1. The van der Waals surface area contributed by atoms with Crippen molar-refractivity contribution in [2.75, 3.05) is 22.4 Å². The van der Waals surface area contributed by atoms with Crippen molar-refractivity contribution in [3.63, 3.8) is 0 Å². The summed E-state index contributed by atoms with van der Waals surface area (Å²) in [4.78, 5) is 12.5.